The number of hydrogen-bond donors (Lipinski definition) is 0. The van der Waals surface area contributed by atoms with Crippen LogP contribution < -0.4 is 0 Å². The van der Waals surface area contributed by atoms with E-state index in [1.165, 1.54) is 0 Å². The van der Waals surface area contributed by atoms with Crippen molar-refractivity contribution < 1.29 is 9.59 Å². The zero-order valence-electron chi connectivity index (χ0n) is 12.3. The third-order valence-corrected chi connectivity index (χ3v) is 3.06. The van der Waals surface area contributed by atoms with Crippen LogP contribution in [0.5, 0.6) is 0 Å². The SMILES string of the molecule is C/C=C/C=C/C(=O)N1CCN(C(=O)C(C)(C)C)CC1. The number of carbonyl (C=O) groups is 2. The molecule has 0 aromatic heterocycles. The summed E-state index contributed by atoms with van der Waals surface area (Å²) < 4.78 is 0. The lowest BCUT2D eigenvalue weighted by Crippen LogP contribution is -2.52. The van der Waals surface area contributed by atoms with E-state index in [9.17, 15) is 9.59 Å². The first-order valence-corrected chi connectivity index (χ1v) is 6.74. The molecule has 106 valence electrons. The quantitative estimate of drug-likeness (QED) is 0.564. The molecule has 0 atom stereocenters. The molecule has 2 amide bonds. The van der Waals surface area contributed by atoms with E-state index in [0.717, 1.165) is 0 Å². The molecule has 1 rings (SSSR count). The normalized spacial score (nSPS) is 17.5. The Kier molecular flexibility index (Phi) is 5.33. The van der Waals surface area contributed by atoms with Crippen molar-refractivity contribution in [3.8, 4) is 0 Å². The van der Waals surface area contributed by atoms with Gasteiger partial charge in [-0.05, 0) is 6.92 Å². The predicted molar refractivity (Wildman–Crippen MR) is 76.6 cm³/mol. The van der Waals surface area contributed by atoms with Gasteiger partial charge in [-0.3, -0.25) is 9.59 Å². The number of carbonyl (C=O) groups excluding carboxylic acids is 2. The first-order chi connectivity index (χ1) is 8.86. The van der Waals surface area contributed by atoms with Crippen LogP contribution in [0.2, 0.25) is 0 Å². The second-order valence-electron chi connectivity index (χ2n) is 5.75. The van der Waals surface area contributed by atoms with Gasteiger partial charge in [0.1, 0.15) is 0 Å². The molecule has 0 unspecified atom stereocenters. The molecular formula is C15H24N2O2. The van der Waals surface area contributed by atoms with E-state index >= 15 is 0 Å². The summed E-state index contributed by atoms with van der Waals surface area (Å²) in [6.45, 7) is 10.2. The molecule has 4 heteroatoms. The highest BCUT2D eigenvalue weighted by Gasteiger charge is 2.30. The average molecular weight is 264 g/mol. The molecule has 1 saturated heterocycles. The topological polar surface area (TPSA) is 40.6 Å². The average Bonchev–Trinajstić information content (AvgIpc) is 2.37. The molecule has 0 radical (unpaired) electrons. The van der Waals surface area contributed by atoms with Crippen LogP contribution in [0.15, 0.2) is 24.3 Å². The molecule has 19 heavy (non-hydrogen) atoms. The number of allylic oxidation sites excluding steroid dienone is 3. The van der Waals surface area contributed by atoms with Crippen molar-refractivity contribution in [3.63, 3.8) is 0 Å². The molecule has 1 heterocycles. The maximum atomic E-state index is 12.1. The fraction of sp³-hybridized carbons (Fsp3) is 0.600. The van der Waals surface area contributed by atoms with Gasteiger partial charge in [0, 0.05) is 37.7 Å². The Morgan fingerprint density at radius 1 is 0.947 bits per heavy atom. The lowest BCUT2D eigenvalue weighted by Gasteiger charge is -2.37. The molecular weight excluding hydrogens is 240 g/mol. The van der Waals surface area contributed by atoms with E-state index < -0.39 is 0 Å². The van der Waals surface area contributed by atoms with Crippen molar-refractivity contribution in [1.29, 1.82) is 0 Å². The second-order valence-corrected chi connectivity index (χ2v) is 5.75. The summed E-state index contributed by atoms with van der Waals surface area (Å²) in [5.41, 5.74) is -0.349. The fourth-order valence-electron chi connectivity index (χ4n) is 1.96. The van der Waals surface area contributed by atoms with Crippen molar-refractivity contribution in [1.82, 2.24) is 9.80 Å². The standard InChI is InChI=1S/C15H24N2O2/c1-5-6-7-8-13(18)16-9-11-17(12-10-16)14(19)15(2,3)4/h5-8H,9-12H2,1-4H3/b6-5+,8-7+. The number of hydrogen-bond acceptors (Lipinski definition) is 2. The van der Waals surface area contributed by atoms with E-state index in [-0.39, 0.29) is 17.2 Å². The van der Waals surface area contributed by atoms with Gasteiger partial charge in [0.15, 0.2) is 0 Å². The number of amides is 2. The van der Waals surface area contributed by atoms with Crippen LogP contribution in [-0.4, -0.2) is 47.8 Å². The molecule has 0 saturated carbocycles. The summed E-state index contributed by atoms with van der Waals surface area (Å²) >= 11 is 0. The largest absolute Gasteiger partial charge is 0.339 e. The summed E-state index contributed by atoms with van der Waals surface area (Å²) in [5.74, 6) is 0.171. The van der Waals surface area contributed by atoms with Gasteiger partial charge < -0.3 is 9.80 Å². The summed E-state index contributed by atoms with van der Waals surface area (Å²) in [7, 11) is 0. The van der Waals surface area contributed by atoms with Crippen LogP contribution in [0, 0.1) is 5.41 Å². The van der Waals surface area contributed by atoms with Crippen molar-refractivity contribution in [2.45, 2.75) is 27.7 Å². The van der Waals surface area contributed by atoms with Gasteiger partial charge in [-0.2, -0.15) is 0 Å². The summed E-state index contributed by atoms with van der Waals surface area (Å²) in [4.78, 5) is 27.6. The third-order valence-electron chi connectivity index (χ3n) is 3.06. The van der Waals surface area contributed by atoms with Gasteiger partial charge in [-0.25, -0.2) is 0 Å². The lowest BCUT2D eigenvalue weighted by atomic mass is 9.94. The minimum absolute atomic E-state index is 0.0148. The highest BCUT2D eigenvalue weighted by molar-refractivity contribution is 5.88. The van der Waals surface area contributed by atoms with Crippen molar-refractivity contribution in [2.75, 3.05) is 26.2 Å². The van der Waals surface area contributed by atoms with E-state index in [2.05, 4.69) is 0 Å². The Bertz CT molecular complexity index is 383. The Labute approximate surface area is 115 Å². The highest BCUT2D eigenvalue weighted by atomic mass is 16.2. The Morgan fingerprint density at radius 3 is 1.95 bits per heavy atom. The maximum absolute atomic E-state index is 12.1. The Morgan fingerprint density at radius 2 is 1.47 bits per heavy atom. The Balaban J connectivity index is 2.49. The summed E-state index contributed by atoms with van der Waals surface area (Å²) in [6, 6.07) is 0. The van der Waals surface area contributed by atoms with Gasteiger partial charge in [0.2, 0.25) is 11.8 Å². The van der Waals surface area contributed by atoms with Crippen molar-refractivity contribution >= 4 is 11.8 Å². The van der Waals surface area contributed by atoms with Crippen molar-refractivity contribution in [2.24, 2.45) is 5.41 Å². The molecule has 0 N–H and O–H groups in total. The molecule has 1 aliphatic rings. The van der Waals surface area contributed by atoms with Gasteiger partial charge in [0.25, 0.3) is 0 Å². The molecule has 0 aliphatic carbocycles. The van der Waals surface area contributed by atoms with Gasteiger partial charge >= 0.3 is 0 Å². The summed E-state index contributed by atoms with van der Waals surface area (Å²) in [6.07, 6.45) is 7.03. The predicted octanol–water partition coefficient (Wildman–Crippen LogP) is 1.84. The molecule has 4 nitrogen and oxygen atoms in total. The van der Waals surface area contributed by atoms with Gasteiger partial charge in [-0.15, -0.1) is 0 Å². The van der Waals surface area contributed by atoms with Crippen LogP contribution in [0.3, 0.4) is 0 Å². The summed E-state index contributed by atoms with van der Waals surface area (Å²) in [5, 5.41) is 0. The van der Waals surface area contributed by atoms with E-state index in [4.69, 9.17) is 0 Å². The lowest BCUT2D eigenvalue weighted by molar-refractivity contribution is -0.143. The zero-order valence-corrected chi connectivity index (χ0v) is 12.3. The number of rotatable bonds is 2. The van der Waals surface area contributed by atoms with Crippen molar-refractivity contribution in [3.05, 3.63) is 24.3 Å². The second kappa shape index (κ2) is 6.55. The van der Waals surface area contributed by atoms with Crippen LogP contribution in [0.25, 0.3) is 0 Å². The monoisotopic (exact) mass is 264 g/mol. The first kappa shape index (κ1) is 15.5. The Hall–Kier alpha value is -1.58. The maximum Gasteiger partial charge on any atom is 0.246 e. The minimum atomic E-state index is -0.349. The first-order valence-electron chi connectivity index (χ1n) is 6.74. The zero-order chi connectivity index (χ0) is 14.5. The van der Waals surface area contributed by atoms with Gasteiger partial charge in [-0.1, -0.05) is 39.0 Å². The molecule has 1 aliphatic heterocycles. The highest BCUT2D eigenvalue weighted by Crippen LogP contribution is 2.18. The van der Waals surface area contributed by atoms with Crippen LogP contribution in [0.1, 0.15) is 27.7 Å². The van der Waals surface area contributed by atoms with Gasteiger partial charge in [0.05, 0.1) is 0 Å². The van der Waals surface area contributed by atoms with Crippen LogP contribution >= 0.6 is 0 Å². The molecule has 1 fully saturated rings. The van der Waals surface area contributed by atoms with Crippen LogP contribution in [0.4, 0.5) is 0 Å². The van der Waals surface area contributed by atoms with E-state index in [0.29, 0.717) is 26.2 Å². The molecule has 0 aromatic rings. The minimum Gasteiger partial charge on any atom is -0.339 e. The molecule has 0 aromatic carbocycles. The smallest absolute Gasteiger partial charge is 0.246 e. The molecule has 0 spiro atoms. The molecule has 0 bridgehead atoms. The van der Waals surface area contributed by atoms with Crippen LogP contribution in [-0.2, 0) is 9.59 Å². The van der Waals surface area contributed by atoms with E-state index in [1.54, 1.807) is 17.1 Å². The third kappa shape index (κ3) is 4.54. The number of nitrogens with zero attached hydrogens (tertiary/aromatic N) is 2. The fourth-order valence-corrected chi connectivity index (χ4v) is 1.96. The van der Waals surface area contributed by atoms with E-state index in [1.807, 2.05) is 44.7 Å². The number of piperazine rings is 1.